The van der Waals surface area contributed by atoms with Crippen molar-refractivity contribution >= 4 is 0 Å². The molecule has 1 fully saturated rings. The quantitative estimate of drug-likeness (QED) is 0.694. The highest BCUT2D eigenvalue weighted by Crippen LogP contribution is 2.29. The van der Waals surface area contributed by atoms with Crippen LogP contribution in [0.4, 0.5) is 0 Å². The molecule has 1 aromatic rings. The van der Waals surface area contributed by atoms with Crippen LogP contribution in [0.1, 0.15) is 37.5 Å². The van der Waals surface area contributed by atoms with Gasteiger partial charge in [0.05, 0.1) is 6.04 Å². The van der Waals surface area contributed by atoms with Gasteiger partial charge in [-0.2, -0.15) is 4.98 Å². The van der Waals surface area contributed by atoms with Gasteiger partial charge in [-0.1, -0.05) is 12.1 Å². The van der Waals surface area contributed by atoms with Crippen molar-refractivity contribution in [2.75, 3.05) is 13.1 Å². The van der Waals surface area contributed by atoms with Crippen LogP contribution in [-0.4, -0.2) is 28.1 Å². The molecule has 1 aliphatic heterocycles. The van der Waals surface area contributed by atoms with E-state index < -0.39 is 0 Å². The van der Waals surface area contributed by atoms with Gasteiger partial charge < -0.3 is 4.52 Å². The van der Waals surface area contributed by atoms with Crippen molar-refractivity contribution in [3.63, 3.8) is 0 Å². The summed E-state index contributed by atoms with van der Waals surface area (Å²) in [7, 11) is 0. The third-order valence-corrected chi connectivity index (χ3v) is 2.61. The van der Waals surface area contributed by atoms with Crippen LogP contribution < -0.4 is 0 Å². The number of likely N-dealkylation sites (tertiary alicyclic amines) is 1. The summed E-state index contributed by atoms with van der Waals surface area (Å²) in [6.07, 6.45) is 2.40. The summed E-state index contributed by atoms with van der Waals surface area (Å²) in [5.74, 6) is 1.52. The monoisotopic (exact) mass is 181 g/mol. The zero-order valence-corrected chi connectivity index (χ0v) is 8.16. The summed E-state index contributed by atoms with van der Waals surface area (Å²) in [5, 5.41) is 3.97. The van der Waals surface area contributed by atoms with E-state index in [1.807, 2.05) is 6.92 Å². The van der Waals surface area contributed by atoms with E-state index in [9.17, 15) is 0 Å². The van der Waals surface area contributed by atoms with E-state index in [1.165, 1.54) is 6.42 Å². The van der Waals surface area contributed by atoms with Crippen LogP contribution in [0.5, 0.6) is 0 Å². The van der Waals surface area contributed by atoms with Gasteiger partial charge in [0.1, 0.15) is 0 Å². The Balaban J connectivity index is 2.15. The predicted molar refractivity (Wildman–Crippen MR) is 48.3 cm³/mol. The number of aromatic nitrogens is 2. The summed E-state index contributed by atoms with van der Waals surface area (Å²) in [5.41, 5.74) is 0. The molecule has 13 heavy (non-hydrogen) atoms. The molecule has 4 heteroatoms. The standard InChI is InChI=1S/C9H15N3O/c1-3-12-6-4-5-8(12)9-10-7(2)13-11-9/h8H,3-6H2,1-2H3. The Kier molecular flexibility index (Phi) is 2.31. The molecule has 1 aliphatic rings. The highest BCUT2D eigenvalue weighted by atomic mass is 16.5. The molecule has 1 atom stereocenters. The van der Waals surface area contributed by atoms with Gasteiger partial charge in [0, 0.05) is 6.92 Å². The Morgan fingerprint density at radius 1 is 1.62 bits per heavy atom. The van der Waals surface area contributed by atoms with Gasteiger partial charge in [-0.05, 0) is 25.9 Å². The average Bonchev–Trinajstić information content (AvgIpc) is 2.71. The maximum Gasteiger partial charge on any atom is 0.223 e. The molecule has 4 nitrogen and oxygen atoms in total. The Morgan fingerprint density at radius 3 is 3.08 bits per heavy atom. The highest BCUT2D eigenvalue weighted by molar-refractivity contribution is 4.96. The molecular formula is C9H15N3O. The fraction of sp³-hybridized carbons (Fsp3) is 0.778. The van der Waals surface area contributed by atoms with Gasteiger partial charge in [-0.25, -0.2) is 0 Å². The first-order valence-corrected chi connectivity index (χ1v) is 4.85. The van der Waals surface area contributed by atoms with Crippen LogP contribution in [0, 0.1) is 6.92 Å². The topological polar surface area (TPSA) is 42.2 Å². The number of aryl methyl sites for hydroxylation is 1. The minimum absolute atomic E-state index is 0.391. The second-order valence-corrected chi connectivity index (χ2v) is 3.46. The lowest BCUT2D eigenvalue weighted by Gasteiger charge is -2.18. The molecule has 0 aromatic carbocycles. The van der Waals surface area contributed by atoms with E-state index in [-0.39, 0.29) is 0 Å². The minimum Gasteiger partial charge on any atom is -0.340 e. The first kappa shape index (κ1) is 8.69. The fourth-order valence-corrected chi connectivity index (χ4v) is 1.95. The van der Waals surface area contributed by atoms with E-state index in [1.54, 1.807) is 0 Å². The molecule has 0 radical (unpaired) electrons. The smallest absolute Gasteiger partial charge is 0.223 e. The molecule has 0 bridgehead atoms. The Bertz CT molecular complexity index is 284. The van der Waals surface area contributed by atoms with Crippen LogP contribution in [0.3, 0.4) is 0 Å². The molecule has 0 amide bonds. The molecule has 1 unspecified atom stereocenters. The second-order valence-electron chi connectivity index (χ2n) is 3.46. The lowest BCUT2D eigenvalue weighted by atomic mass is 10.2. The van der Waals surface area contributed by atoms with E-state index in [4.69, 9.17) is 4.52 Å². The SMILES string of the molecule is CCN1CCCC1c1noc(C)n1. The Morgan fingerprint density at radius 2 is 2.46 bits per heavy atom. The molecular weight excluding hydrogens is 166 g/mol. The first-order chi connectivity index (χ1) is 6.31. The van der Waals surface area contributed by atoms with Crippen LogP contribution >= 0.6 is 0 Å². The zero-order valence-electron chi connectivity index (χ0n) is 8.16. The molecule has 2 rings (SSSR count). The summed E-state index contributed by atoms with van der Waals surface area (Å²) >= 11 is 0. The molecule has 1 aromatic heterocycles. The normalized spacial score (nSPS) is 24.0. The molecule has 0 saturated carbocycles. The van der Waals surface area contributed by atoms with Crippen molar-refractivity contribution in [1.82, 2.24) is 15.0 Å². The first-order valence-electron chi connectivity index (χ1n) is 4.85. The van der Waals surface area contributed by atoms with Gasteiger partial charge >= 0.3 is 0 Å². The van der Waals surface area contributed by atoms with Crippen LogP contribution in [0.15, 0.2) is 4.52 Å². The number of nitrogens with zero attached hydrogens (tertiary/aromatic N) is 3. The average molecular weight is 181 g/mol. The third kappa shape index (κ3) is 1.58. The van der Waals surface area contributed by atoms with Crippen molar-refractivity contribution in [2.45, 2.75) is 32.7 Å². The molecule has 0 aliphatic carbocycles. The zero-order chi connectivity index (χ0) is 9.26. The van der Waals surface area contributed by atoms with Crippen LogP contribution in [0.2, 0.25) is 0 Å². The second kappa shape index (κ2) is 3.46. The van der Waals surface area contributed by atoms with Gasteiger partial charge in [0.15, 0.2) is 5.82 Å². The van der Waals surface area contributed by atoms with Gasteiger partial charge in [-0.3, -0.25) is 4.90 Å². The number of hydrogen-bond donors (Lipinski definition) is 0. The van der Waals surface area contributed by atoms with Crippen LogP contribution in [-0.2, 0) is 0 Å². The summed E-state index contributed by atoms with van der Waals surface area (Å²) in [6.45, 7) is 6.24. The van der Waals surface area contributed by atoms with Gasteiger partial charge in [0.25, 0.3) is 0 Å². The molecule has 0 N–H and O–H groups in total. The summed E-state index contributed by atoms with van der Waals surface area (Å²) in [4.78, 5) is 6.66. The molecule has 72 valence electrons. The fourth-order valence-electron chi connectivity index (χ4n) is 1.95. The highest BCUT2D eigenvalue weighted by Gasteiger charge is 2.28. The number of hydrogen-bond acceptors (Lipinski definition) is 4. The largest absolute Gasteiger partial charge is 0.340 e. The van der Waals surface area contributed by atoms with E-state index in [0.717, 1.165) is 25.3 Å². The lowest BCUT2D eigenvalue weighted by Crippen LogP contribution is -2.23. The Hall–Kier alpha value is -0.900. The number of rotatable bonds is 2. The van der Waals surface area contributed by atoms with Gasteiger partial charge in [-0.15, -0.1) is 0 Å². The van der Waals surface area contributed by atoms with E-state index in [0.29, 0.717) is 11.9 Å². The van der Waals surface area contributed by atoms with Crippen molar-refractivity contribution in [3.8, 4) is 0 Å². The maximum atomic E-state index is 4.98. The molecule has 2 heterocycles. The summed E-state index contributed by atoms with van der Waals surface area (Å²) in [6, 6.07) is 0.391. The minimum atomic E-state index is 0.391. The van der Waals surface area contributed by atoms with Crippen LogP contribution in [0.25, 0.3) is 0 Å². The molecule has 0 spiro atoms. The lowest BCUT2D eigenvalue weighted by molar-refractivity contribution is 0.255. The van der Waals surface area contributed by atoms with Crippen molar-refractivity contribution < 1.29 is 4.52 Å². The maximum absolute atomic E-state index is 4.98. The van der Waals surface area contributed by atoms with Crippen molar-refractivity contribution in [3.05, 3.63) is 11.7 Å². The van der Waals surface area contributed by atoms with E-state index in [2.05, 4.69) is 22.0 Å². The summed E-state index contributed by atoms with van der Waals surface area (Å²) < 4.78 is 4.98. The van der Waals surface area contributed by atoms with E-state index >= 15 is 0 Å². The third-order valence-electron chi connectivity index (χ3n) is 2.61. The van der Waals surface area contributed by atoms with Crippen molar-refractivity contribution in [1.29, 1.82) is 0 Å². The van der Waals surface area contributed by atoms with Crippen molar-refractivity contribution in [2.24, 2.45) is 0 Å². The molecule has 1 saturated heterocycles. The Labute approximate surface area is 77.9 Å². The van der Waals surface area contributed by atoms with Gasteiger partial charge in [0.2, 0.25) is 5.89 Å². The predicted octanol–water partition coefficient (Wildman–Crippen LogP) is 1.53.